The molecule has 0 radical (unpaired) electrons. The van der Waals surface area contributed by atoms with Crippen molar-refractivity contribution in [2.24, 2.45) is 0 Å². The first-order chi connectivity index (χ1) is 28.8. The Morgan fingerprint density at radius 1 is 0.576 bits per heavy atom. The summed E-state index contributed by atoms with van der Waals surface area (Å²) >= 11 is 0. The maximum absolute atomic E-state index is 13.0. The van der Waals surface area contributed by atoms with E-state index in [4.69, 9.17) is 9.47 Å². The van der Waals surface area contributed by atoms with Crippen molar-refractivity contribution < 1.29 is 39.8 Å². The molecule has 1 aliphatic heterocycles. The van der Waals surface area contributed by atoms with Gasteiger partial charge in [0.25, 0.3) is 0 Å². The molecule has 1 fully saturated rings. The molecule has 59 heavy (non-hydrogen) atoms. The number of allylic oxidation sites excluding steroid dienone is 5. The van der Waals surface area contributed by atoms with Gasteiger partial charge in [-0.2, -0.15) is 0 Å². The van der Waals surface area contributed by atoms with Gasteiger partial charge in [0, 0.05) is 6.42 Å². The largest absolute Gasteiger partial charge is 0.394 e. The SMILES string of the molecule is CCCCCCCCCCC/C=C\C/C=C\CCCCCCCCCC(=O)NC(COC1OC(CO)C(O)C(O)C1O)C(O)/C=C/CCCCCCCCCCCCC. The Labute approximate surface area is 361 Å². The predicted octanol–water partition coefficient (Wildman–Crippen LogP) is 10.8. The second kappa shape index (κ2) is 40.5. The summed E-state index contributed by atoms with van der Waals surface area (Å²) in [6.07, 6.45) is 43.3. The summed E-state index contributed by atoms with van der Waals surface area (Å²) in [7, 11) is 0. The molecule has 9 nitrogen and oxygen atoms in total. The minimum atomic E-state index is -1.57. The summed E-state index contributed by atoms with van der Waals surface area (Å²) in [6.45, 7) is 3.77. The van der Waals surface area contributed by atoms with E-state index in [-0.39, 0.29) is 12.5 Å². The van der Waals surface area contributed by atoms with Crippen LogP contribution in [-0.4, -0.2) is 87.5 Å². The monoisotopic (exact) mass is 836 g/mol. The second-order valence-electron chi connectivity index (χ2n) is 17.3. The highest BCUT2D eigenvalue weighted by Crippen LogP contribution is 2.23. The van der Waals surface area contributed by atoms with Crippen LogP contribution in [0.25, 0.3) is 0 Å². The number of ether oxygens (including phenoxy) is 2. The maximum Gasteiger partial charge on any atom is 0.220 e. The van der Waals surface area contributed by atoms with Gasteiger partial charge in [0.05, 0.1) is 25.4 Å². The van der Waals surface area contributed by atoms with Gasteiger partial charge in [0.15, 0.2) is 6.29 Å². The van der Waals surface area contributed by atoms with E-state index in [0.717, 1.165) is 57.8 Å². The Kier molecular flexibility index (Phi) is 38.0. The zero-order valence-electron chi connectivity index (χ0n) is 38.0. The summed E-state index contributed by atoms with van der Waals surface area (Å²) in [5.74, 6) is -0.185. The smallest absolute Gasteiger partial charge is 0.220 e. The van der Waals surface area contributed by atoms with Gasteiger partial charge in [-0.3, -0.25) is 4.79 Å². The molecular weight excluding hydrogens is 743 g/mol. The predicted molar refractivity (Wildman–Crippen MR) is 244 cm³/mol. The maximum atomic E-state index is 13.0. The fourth-order valence-corrected chi connectivity index (χ4v) is 7.72. The molecule has 0 aliphatic carbocycles. The average molecular weight is 836 g/mol. The Balaban J connectivity index is 2.29. The molecule has 6 N–H and O–H groups in total. The fourth-order valence-electron chi connectivity index (χ4n) is 7.72. The molecule has 346 valence electrons. The molecule has 0 spiro atoms. The zero-order valence-corrected chi connectivity index (χ0v) is 38.0. The summed E-state index contributed by atoms with van der Waals surface area (Å²) < 4.78 is 11.2. The van der Waals surface area contributed by atoms with Gasteiger partial charge in [-0.25, -0.2) is 0 Å². The molecular formula is C50H93NO8. The van der Waals surface area contributed by atoms with Crippen LogP contribution in [0.1, 0.15) is 219 Å². The van der Waals surface area contributed by atoms with Crippen molar-refractivity contribution in [2.75, 3.05) is 13.2 Å². The highest BCUT2D eigenvalue weighted by atomic mass is 16.7. The Bertz CT molecular complexity index is 1020. The number of amides is 1. The Hall–Kier alpha value is -1.59. The van der Waals surface area contributed by atoms with E-state index in [0.29, 0.717) is 6.42 Å². The summed E-state index contributed by atoms with van der Waals surface area (Å²) in [4.78, 5) is 13.0. The van der Waals surface area contributed by atoms with Gasteiger partial charge in [-0.1, -0.05) is 198 Å². The second-order valence-corrected chi connectivity index (χ2v) is 17.3. The molecule has 0 aromatic carbocycles. The van der Waals surface area contributed by atoms with Crippen LogP contribution in [0, 0.1) is 0 Å². The van der Waals surface area contributed by atoms with Gasteiger partial charge in [0.2, 0.25) is 5.91 Å². The molecule has 7 unspecified atom stereocenters. The van der Waals surface area contributed by atoms with Crippen molar-refractivity contribution in [3.8, 4) is 0 Å². The lowest BCUT2D eigenvalue weighted by Gasteiger charge is -2.40. The molecule has 0 saturated carbocycles. The number of hydrogen-bond acceptors (Lipinski definition) is 8. The van der Waals surface area contributed by atoms with Gasteiger partial charge < -0.3 is 40.3 Å². The first-order valence-corrected chi connectivity index (χ1v) is 24.7. The van der Waals surface area contributed by atoms with Crippen molar-refractivity contribution in [3.63, 3.8) is 0 Å². The summed E-state index contributed by atoms with van der Waals surface area (Å²) in [6, 6.07) is -0.807. The van der Waals surface area contributed by atoms with Crippen LogP contribution in [0.2, 0.25) is 0 Å². The molecule has 1 amide bonds. The summed E-state index contributed by atoms with van der Waals surface area (Å²) in [5.41, 5.74) is 0. The average Bonchev–Trinajstić information content (AvgIpc) is 3.23. The highest BCUT2D eigenvalue weighted by Gasteiger charge is 2.44. The van der Waals surface area contributed by atoms with Crippen molar-refractivity contribution in [1.82, 2.24) is 5.32 Å². The first kappa shape index (κ1) is 55.4. The van der Waals surface area contributed by atoms with Crippen LogP contribution in [0.4, 0.5) is 0 Å². The van der Waals surface area contributed by atoms with Crippen LogP contribution < -0.4 is 5.32 Å². The van der Waals surface area contributed by atoms with Crippen molar-refractivity contribution >= 4 is 5.91 Å². The Morgan fingerprint density at radius 3 is 1.46 bits per heavy atom. The van der Waals surface area contributed by atoms with Crippen LogP contribution in [0.5, 0.6) is 0 Å². The lowest BCUT2D eigenvalue weighted by molar-refractivity contribution is -0.302. The van der Waals surface area contributed by atoms with Gasteiger partial charge in [0.1, 0.15) is 24.4 Å². The van der Waals surface area contributed by atoms with Crippen LogP contribution in [0.15, 0.2) is 36.5 Å². The van der Waals surface area contributed by atoms with Gasteiger partial charge >= 0.3 is 0 Å². The lowest BCUT2D eigenvalue weighted by Crippen LogP contribution is -2.60. The Morgan fingerprint density at radius 2 is 1.00 bits per heavy atom. The van der Waals surface area contributed by atoms with Crippen LogP contribution in [0.3, 0.4) is 0 Å². The first-order valence-electron chi connectivity index (χ1n) is 24.7. The minimum Gasteiger partial charge on any atom is -0.394 e. The van der Waals surface area contributed by atoms with Crippen molar-refractivity contribution in [1.29, 1.82) is 0 Å². The van der Waals surface area contributed by atoms with Crippen molar-refractivity contribution in [3.05, 3.63) is 36.5 Å². The molecule has 1 heterocycles. The van der Waals surface area contributed by atoms with Crippen LogP contribution >= 0.6 is 0 Å². The number of hydrogen-bond donors (Lipinski definition) is 6. The number of rotatable bonds is 41. The van der Waals surface area contributed by atoms with Crippen LogP contribution in [-0.2, 0) is 14.3 Å². The fraction of sp³-hybridized carbons (Fsp3) is 0.860. The standard InChI is InChI=1S/C50H93NO8/c1-3-5-7-9-11-13-15-17-18-19-20-21-22-23-24-25-26-28-30-32-34-36-38-40-46(54)51-43(42-58-50-49(57)48(56)47(55)45(41-52)59-50)44(53)39-37-35-33-31-29-27-16-14-12-10-8-6-4-2/h20-21,23-24,37,39,43-45,47-50,52-53,55-57H,3-19,22,25-36,38,40-42H2,1-2H3,(H,51,54)/b21-20-,24-23-,39-37+. The van der Waals surface area contributed by atoms with E-state index in [2.05, 4.69) is 43.5 Å². The topological polar surface area (TPSA) is 149 Å². The molecule has 0 aromatic heterocycles. The molecule has 1 saturated heterocycles. The molecule has 0 bridgehead atoms. The zero-order chi connectivity index (χ0) is 43.0. The minimum absolute atomic E-state index is 0.185. The number of aliphatic hydroxyl groups is 5. The lowest BCUT2D eigenvalue weighted by atomic mass is 9.99. The molecule has 7 atom stereocenters. The van der Waals surface area contributed by atoms with E-state index >= 15 is 0 Å². The van der Waals surface area contributed by atoms with E-state index in [1.807, 2.05) is 6.08 Å². The third-order valence-electron chi connectivity index (χ3n) is 11.7. The number of carbonyl (C=O) groups is 1. The molecule has 1 rings (SSSR count). The van der Waals surface area contributed by atoms with E-state index in [1.165, 1.54) is 141 Å². The third-order valence-corrected chi connectivity index (χ3v) is 11.7. The van der Waals surface area contributed by atoms with Gasteiger partial charge in [-0.15, -0.1) is 0 Å². The van der Waals surface area contributed by atoms with E-state index in [9.17, 15) is 30.3 Å². The third kappa shape index (κ3) is 31.0. The number of nitrogens with one attached hydrogen (secondary N) is 1. The summed E-state index contributed by atoms with van der Waals surface area (Å²) in [5, 5.41) is 54.2. The molecule has 0 aromatic rings. The quantitative estimate of drug-likeness (QED) is 0.0263. The van der Waals surface area contributed by atoms with E-state index in [1.54, 1.807) is 6.08 Å². The normalized spacial score (nSPS) is 21.0. The molecule has 1 aliphatic rings. The molecule has 9 heteroatoms. The highest BCUT2D eigenvalue weighted by molar-refractivity contribution is 5.76. The van der Waals surface area contributed by atoms with E-state index < -0.39 is 49.5 Å². The number of unbranched alkanes of at least 4 members (excludes halogenated alkanes) is 27. The van der Waals surface area contributed by atoms with Gasteiger partial charge in [-0.05, 0) is 51.4 Å². The van der Waals surface area contributed by atoms with Crippen molar-refractivity contribution in [2.45, 2.75) is 262 Å². The number of carbonyl (C=O) groups excluding carboxylic acids is 1. The number of aliphatic hydroxyl groups excluding tert-OH is 5.